The third-order valence-corrected chi connectivity index (χ3v) is 6.21. The molecule has 1 saturated heterocycles. The lowest BCUT2D eigenvalue weighted by molar-refractivity contribution is -0.133. The van der Waals surface area contributed by atoms with Crippen LogP contribution in [0.2, 0.25) is 0 Å². The third-order valence-electron chi connectivity index (χ3n) is 5.21. The first kappa shape index (κ1) is 19.8. The minimum Gasteiger partial charge on any atom is -0.343 e. The number of amides is 3. The molecule has 0 aliphatic carbocycles. The zero-order valence-electron chi connectivity index (χ0n) is 16.3. The SMILES string of the molecule is CC(=O)N1CCC(C(=O)Nc2nc3c(s2)CN(C(=O)CC(C)C)CC3)CC1. The number of likely N-dealkylation sites (tertiary alicyclic amines) is 1. The van der Waals surface area contributed by atoms with E-state index >= 15 is 0 Å². The topological polar surface area (TPSA) is 82.6 Å². The standard InChI is InChI=1S/C19H28N4O3S/c1-12(2)10-17(25)23-9-6-15-16(11-23)27-19(20-15)21-18(26)14-4-7-22(8-5-14)13(3)24/h12,14H,4-11H2,1-3H3,(H,20,21,26). The summed E-state index contributed by atoms with van der Waals surface area (Å²) in [7, 11) is 0. The summed E-state index contributed by atoms with van der Waals surface area (Å²) in [5.41, 5.74) is 0.996. The molecule has 0 atom stereocenters. The van der Waals surface area contributed by atoms with Crippen LogP contribution in [0.15, 0.2) is 0 Å². The van der Waals surface area contributed by atoms with Crippen molar-refractivity contribution in [1.82, 2.24) is 14.8 Å². The molecule has 27 heavy (non-hydrogen) atoms. The van der Waals surface area contributed by atoms with E-state index in [2.05, 4.69) is 24.1 Å². The summed E-state index contributed by atoms with van der Waals surface area (Å²) in [6.45, 7) is 8.21. The Morgan fingerprint density at radius 3 is 2.52 bits per heavy atom. The lowest BCUT2D eigenvalue weighted by Gasteiger charge is -2.30. The second kappa shape index (κ2) is 8.37. The van der Waals surface area contributed by atoms with Crippen molar-refractivity contribution in [3.05, 3.63) is 10.6 Å². The number of hydrogen-bond acceptors (Lipinski definition) is 5. The van der Waals surface area contributed by atoms with Gasteiger partial charge in [-0.1, -0.05) is 25.2 Å². The zero-order chi connectivity index (χ0) is 19.6. The van der Waals surface area contributed by atoms with Crippen LogP contribution in [0, 0.1) is 11.8 Å². The molecule has 2 aliphatic rings. The number of anilines is 1. The molecular formula is C19H28N4O3S. The molecule has 3 heterocycles. The Morgan fingerprint density at radius 2 is 1.89 bits per heavy atom. The highest BCUT2D eigenvalue weighted by atomic mass is 32.1. The highest BCUT2D eigenvalue weighted by Gasteiger charge is 2.28. The molecule has 148 valence electrons. The van der Waals surface area contributed by atoms with E-state index in [0.717, 1.165) is 17.0 Å². The van der Waals surface area contributed by atoms with Gasteiger partial charge >= 0.3 is 0 Å². The van der Waals surface area contributed by atoms with Crippen molar-refractivity contribution in [3.8, 4) is 0 Å². The van der Waals surface area contributed by atoms with E-state index in [1.165, 1.54) is 11.3 Å². The Morgan fingerprint density at radius 1 is 1.19 bits per heavy atom. The van der Waals surface area contributed by atoms with Gasteiger partial charge in [0.25, 0.3) is 0 Å². The first-order chi connectivity index (χ1) is 12.8. The fourth-order valence-corrected chi connectivity index (χ4v) is 4.63. The van der Waals surface area contributed by atoms with Crippen molar-refractivity contribution < 1.29 is 14.4 Å². The van der Waals surface area contributed by atoms with E-state index in [0.29, 0.717) is 56.5 Å². The molecule has 8 heteroatoms. The number of fused-ring (bicyclic) bond motifs is 1. The molecule has 0 unspecified atom stereocenters. The lowest BCUT2D eigenvalue weighted by atomic mass is 9.96. The van der Waals surface area contributed by atoms with E-state index in [9.17, 15) is 14.4 Å². The van der Waals surface area contributed by atoms with Gasteiger partial charge in [-0.05, 0) is 18.8 Å². The summed E-state index contributed by atoms with van der Waals surface area (Å²) in [6.07, 6.45) is 2.68. The Kier molecular flexibility index (Phi) is 6.14. The largest absolute Gasteiger partial charge is 0.343 e. The van der Waals surface area contributed by atoms with Crippen LogP contribution < -0.4 is 5.32 Å². The van der Waals surface area contributed by atoms with Gasteiger partial charge in [0.2, 0.25) is 17.7 Å². The van der Waals surface area contributed by atoms with Gasteiger partial charge in [0.1, 0.15) is 0 Å². The van der Waals surface area contributed by atoms with E-state index in [-0.39, 0.29) is 23.6 Å². The van der Waals surface area contributed by atoms with Crippen molar-refractivity contribution in [2.24, 2.45) is 11.8 Å². The Bertz CT molecular complexity index is 723. The zero-order valence-corrected chi connectivity index (χ0v) is 17.1. The molecular weight excluding hydrogens is 364 g/mol. The highest BCUT2D eigenvalue weighted by molar-refractivity contribution is 7.15. The quantitative estimate of drug-likeness (QED) is 0.852. The number of thiazole rings is 1. The maximum atomic E-state index is 12.5. The molecule has 7 nitrogen and oxygen atoms in total. The van der Waals surface area contributed by atoms with Gasteiger partial charge < -0.3 is 15.1 Å². The summed E-state index contributed by atoms with van der Waals surface area (Å²) >= 11 is 1.47. The first-order valence-electron chi connectivity index (χ1n) is 9.66. The maximum absolute atomic E-state index is 12.5. The second-order valence-electron chi connectivity index (χ2n) is 7.82. The van der Waals surface area contributed by atoms with Gasteiger partial charge in [0.05, 0.1) is 12.2 Å². The summed E-state index contributed by atoms with van der Waals surface area (Å²) < 4.78 is 0. The first-order valence-corrected chi connectivity index (χ1v) is 10.5. The van der Waals surface area contributed by atoms with Gasteiger partial charge in [-0.15, -0.1) is 0 Å². The number of nitrogens with one attached hydrogen (secondary N) is 1. The monoisotopic (exact) mass is 392 g/mol. The van der Waals surface area contributed by atoms with Crippen LogP contribution in [0.5, 0.6) is 0 Å². The number of hydrogen-bond donors (Lipinski definition) is 1. The predicted octanol–water partition coefficient (Wildman–Crippen LogP) is 2.27. The molecule has 0 radical (unpaired) electrons. The fourth-order valence-electron chi connectivity index (χ4n) is 3.60. The van der Waals surface area contributed by atoms with Crippen LogP contribution in [-0.4, -0.2) is 52.1 Å². The summed E-state index contributed by atoms with van der Waals surface area (Å²) in [4.78, 5) is 45.6. The van der Waals surface area contributed by atoms with Crippen LogP contribution in [0.4, 0.5) is 5.13 Å². The molecule has 0 aromatic carbocycles. The number of piperidine rings is 1. The summed E-state index contributed by atoms with van der Waals surface area (Å²) in [5.74, 6) is 0.511. The number of aromatic nitrogens is 1. The molecule has 0 spiro atoms. The average Bonchev–Trinajstić information content (AvgIpc) is 3.02. The third kappa shape index (κ3) is 4.86. The van der Waals surface area contributed by atoms with Gasteiger partial charge in [-0.3, -0.25) is 14.4 Å². The molecule has 0 bridgehead atoms. The fraction of sp³-hybridized carbons (Fsp3) is 0.684. The predicted molar refractivity (Wildman–Crippen MR) is 104 cm³/mol. The van der Waals surface area contributed by atoms with Crippen molar-refractivity contribution in [2.75, 3.05) is 25.0 Å². The van der Waals surface area contributed by atoms with Crippen LogP contribution in [0.1, 0.15) is 50.6 Å². The summed E-state index contributed by atoms with van der Waals surface area (Å²) in [6, 6.07) is 0. The van der Waals surface area contributed by atoms with E-state index in [4.69, 9.17) is 0 Å². The van der Waals surface area contributed by atoms with E-state index in [1.807, 2.05) is 4.90 Å². The smallest absolute Gasteiger partial charge is 0.229 e. The number of carbonyl (C=O) groups excluding carboxylic acids is 3. The maximum Gasteiger partial charge on any atom is 0.229 e. The van der Waals surface area contributed by atoms with Crippen molar-refractivity contribution in [1.29, 1.82) is 0 Å². The lowest BCUT2D eigenvalue weighted by Crippen LogP contribution is -2.40. The molecule has 0 saturated carbocycles. The summed E-state index contributed by atoms with van der Waals surface area (Å²) in [5, 5.41) is 3.57. The molecule has 1 fully saturated rings. The number of carbonyl (C=O) groups is 3. The average molecular weight is 393 g/mol. The van der Waals surface area contributed by atoms with Crippen LogP contribution in [-0.2, 0) is 27.3 Å². The molecule has 1 aromatic heterocycles. The van der Waals surface area contributed by atoms with Crippen LogP contribution in [0.3, 0.4) is 0 Å². The molecule has 3 amide bonds. The minimum absolute atomic E-state index is 0.0166. The molecule has 1 aromatic rings. The Labute approximate surface area is 164 Å². The van der Waals surface area contributed by atoms with Crippen LogP contribution in [0.25, 0.3) is 0 Å². The van der Waals surface area contributed by atoms with Gasteiger partial charge in [-0.2, -0.15) is 0 Å². The van der Waals surface area contributed by atoms with E-state index in [1.54, 1.807) is 11.8 Å². The van der Waals surface area contributed by atoms with Crippen molar-refractivity contribution in [3.63, 3.8) is 0 Å². The molecule has 1 N–H and O–H groups in total. The molecule has 3 rings (SSSR count). The Balaban J connectivity index is 1.56. The normalized spacial score (nSPS) is 17.8. The van der Waals surface area contributed by atoms with E-state index < -0.39 is 0 Å². The minimum atomic E-state index is -0.0781. The highest BCUT2D eigenvalue weighted by Crippen LogP contribution is 2.30. The number of nitrogens with zero attached hydrogens (tertiary/aromatic N) is 3. The Hall–Kier alpha value is -1.96. The second-order valence-corrected chi connectivity index (χ2v) is 8.91. The van der Waals surface area contributed by atoms with Crippen molar-refractivity contribution in [2.45, 2.75) is 53.0 Å². The van der Waals surface area contributed by atoms with Crippen molar-refractivity contribution >= 4 is 34.2 Å². The van der Waals surface area contributed by atoms with Gasteiger partial charge in [0, 0.05) is 50.2 Å². The van der Waals surface area contributed by atoms with Gasteiger partial charge in [-0.25, -0.2) is 4.98 Å². The number of rotatable bonds is 4. The van der Waals surface area contributed by atoms with Crippen LogP contribution >= 0.6 is 11.3 Å². The van der Waals surface area contributed by atoms with Gasteiger partial charge in [0.15, 0.2) is 5.13 Å². The molecule has 2 aliphatic heterocycles.